The van der Waals surface area contributed by atoms with Crippen molar-refractivity contribution >= 4 is 15.9 Å². The average molecular weight is 373 g/mol. The van der Waals surface area contributed by atoms with Crippen LogP contribution >= 0.6 is 0 Å². The number of methoxy groups -OCH3 is 2. The largest absolute Gasteiger partial charge is 0.383 e. The van der Waals surface area contributed by atoms with Gasteiger partial charge in [-0.15, -0.1) is 0 Å². The SMILES string of the molecule is COCCN(CCOC)CC(=O)NCCc1ccc(S(N)(=O)=O)cc1. The molecular formula is C16H27N3O5S. The smallest absolute Gasteiger partial charge is 0.238 e. The van der Waals surface area contributed by atoms with Crippen LogP contribution in [0.1, 0.15) is 5.56 Å². The van der Waals surface area contributed by atoms with Crippen LogP contribution in [0.4, 0.5) is 0 Å². The lowest BCUT2D eigenvalue weighted by atomic mass is 10.1. The van der Waals surface area contributed by atoms with E-state index >= 15 is 0 Å². The molecule has 0 spiro atoms. The fourth-order valence-electron chi connectivity index (χ4n) is 2.16. The summed E-state index contributed by atoms with van der Waals surface area (Å²) >= 11 is 0. The minimum Gasteiger partial charge on any atom is -0.383 e. The van der Waals surface area contributed by atoms with Crippen LogP contribution in [0.2, 0.25) is 0 Å². The van der Waals surface area contributed by atoms with Gasteiger partial charge in [0.25, 0.3) is 0 Å². The van der Waals surface area contributed by atoms with Crippen LogP contribution in [0.5, 0.6) is 0 Å². The van der Waals surface area contributed by atoms with Gasteiger partial charge in [0, 0.05) is 33.9 Å². The quantitative estimate of drug-likeness (QED) is 0.515. The van der Waals surface area contributed by atoms with Crippen LogP contribution in [-0.2, 0) is 30.7 Å². The Balaban J connectivity index is 2.39. The van der Waals surface area contributed by atoms with Crippen molar-refractivity contribution in [1.82, 2.24) is 10.2 Å². The summed E-state index contributed by atoms with van der Waals surface area (Å²) in [5, 5.41) is 7.91. The first-order chi connectivity index (χ1) is 11.9. The lowest BCUT2D eigenvalue weighted by molar-refractivity contribution is -0.122. The Labute approximate surface area is 149 Å². The monoisotopic (exact) mass is 373 g/mol. The summed E-state index contributed by atoms with van der Waals surface area (Å²) in [6, 6.07) is 6.30. The number of benzene rings is 1. The van der Waals surface area contributed by atoms with Crippen LogP contribution in [-0.4, -0.2) is 72.8 Å². The van der Waals surface area contributed by atoms with Gasteiger partial charge in [0.2, 0.25) is 15.9 Å². The maximum Gasteiger partial charge on any atom is 0.238 e. The van der Waals surface area contributed by atoms with Gasteiger partial charge in [0.15, 0.2) is 0 Å². The molecule has 25 heavy (non-hydrogen) atoms. The standard InChI is InChI=1S/C16H27N3O5S/c1-23-11-9-19(10-12-24-2)13-16(20)18-8-7-14-3-5-15(6-4-14)25(17,21)22/h3-6H,7-13H2,1-2H3,(H,18,20)(H2,17,21,22). The van der Waals surface area contributed by atoms with Gasteiger partial charge in [-0.3, -0.25) is 9.69 Å². The Bertz CT molecular complexity index is 611. The molecule has 0 aromatic heterocycles. The zero-order valence-corrected chi connectivity index (χ0v) is 15.5. The van der Waals surface area contributed by atoms with Crippen molar-refractivity contribution in [3.63, 3.8) is 0 Å². The molecule has 0 aliphatic rings. The van der Waals surface area contributed by atoms with E-state index in [1.807, 2.05) is 4.90 Å². The number of carbonyl (C=O) groups excluding carboxylic acids is 1. The molecule has 142 valence electrons. The summed E-state index contributed by atoms with van der Waals surface area (Å²) in [5.41, 5.74) is 0.920. The summed E-state index contributed by atoms with van der Waals surface area (Å²) in [6.07, 6.45) is 0.604. The average Bonchev–Trinajstić information content (AvgIpc) is 2.57. The maximum atomic E-state index is 12.0. The van der Waals surface area contributed by atoms with Gasteiger partial charge in [-0.1, -0.05) is 12.1 Å². The van der Waals surface area contributed by atoms with E-state index in [0.717, 1.165) is 5.56 Å². The molecule has 0 unspecified atom stereocenters. The summed E-state index contributed by atoms with van der Waals surface area (Å²) < 4.78 is 32.5. The highest BCUT2D eigenvalue weighted by Crippen LogP contribution is 2.08. The molecule has 0 bridgehead atoms. The number of sulfonamides is 1. The number of carbonyl (C=O) groups is 1. The van der Waals surface area contributed by atoms with Crippen molar-refractivity contribution in [3.05, 3.63) is 29.8 Å². The summed E-state index contributed by atoms with van der Waals surface area (Å²) in [5.74, 6) is -0.0756. The van der Waals surface area contributed by atoms with E-state index in [9.17, 15) is 13.2 Å². The number of hydrogen-bond donors (Lipinski definition) is 2. The van der Waals surface area contributed by atoms with E-state index in [0.29, 0.717) is 39.3 Å². The van der Waals surface area contributed by atoms with Crippen molar-refractivity contribution in [2.24, 2.45) is 5.14 Å². The van der Waals surface area contributed by atoms with Crippen molar-refractivity contribution < 1.29 is 22.7 Å². The maximum absolute atomic E-state index is 12.0. The third kappa shape index (κ3) is 8.94. The molecule has 0 aliphatic heterocycles. The van der Waals surface area contributed by atoms with Gasteiger partial charge in [-0.2, -0.15) is 0 Å². The van der Waals surface area contributed by atoms with E-state index in [1.165, 1.54) is 12.1 Å². The Morgan fingerprint density at radius 3 is 2.16 bits per heavy atom. The second-order valence-electron chi connectivity index (χ2n) is 5.55. The van der Waals surface area contributed by atoms with Crippen molar-refractivity contribution in [2.45, 2.75) is 11.3 Å². The van der Waals surface area contributed by atoms with Gasteiger partial charge in [-0.05, 0) is 24.1 Å². The number of nitrogens with zero attached hydrogens (tertiary/aromatic N) is 1. The molecule has 1 rings (SSSR count). The molecule has 0 saturated carbocycles. The van der Waals surface area contributed by atoms with E-state index in [1.54, 1.807) is 26.4 Å². The Morgan fingerprint density at radius 1 is 1.12 bits per heavy atom. The number of nitrogens with two attached hydrogens (primary N) is 1. The molecule has 0 saturated heterocycles. The lowest BCUT2D eigenvalue weighted by Crippen LogP contribution is -2.40. The van der Waals surface area contributed by atoms with Crippen molar-refractivity contribution in [2.75, 3.05) is 53.6 Å². The van der Waals surface area contributed by atoms with E-state index in [4.69, 9.17) is 14.6 Å². The zero-order valence-electron chi connectivity index (χ0n) is 14.7. The Kier molecular flexibility index (Phi) is 9.61. The lowest BCUT2D eigenvalue weighted by Gasteiger charge is -2.20. The van der Waals surface area contributed by atoms with E-state index in [-0.39, 0.29) is 17.3 Å². The first-order valence-corrected chi connectivity index (χ1v) is 9.50. The second kappa shape index (κ2) is 11.2. The summed E-state index contributed by atoms with van der Waals surface area (Å²) in [6.45, 7) is 3.15. The molecular weight excluding hydrogens is 346 g/mol. The predicted molar refractivity (Wildman–Crippen MR) is 94.7 cm³/mol. The first-order valence-electron chi connectivity index (χ1n) is 7.95. The Morgan fingerprint density at radius 2 is 1.68 bits per heavy atom. The van der Waals surface area contributed by atoms with E-state index < -0.39 is 10.0 Å². The summed E-state index contributed by atoms with van der Waals surface area (Å²) in [4.78, 5) is 14.1. The number of nitrogens with one attached hydrogen (secondary N) is 1. The first kappa shape index (κ1) is 21.5. The molecule has 0 atom stereocenters. The Hall–Kier alpha value is -1.52. The molecule has 1 aromatic carbocycles. The number of primary sulfonamides is 1. The van der Waals surface area contributed by atoms with Crippen LogP contribution in [0.15, 0.2) is 29.2 Å². The van der Waals surface area contributed by atoms with Crippen LogP contribution in [0.25, 0.3) is 0 Å². The van der Waals surface area contributed by atoms with Gasteiger partial charge in [-0.25, -0.2) is 13.6 Å². The summed E-state index contributed by atoms with van der Waals surface area (Å²) in [7, 11) is -0.437. The highest BCUT2D eigenvalue weighted by Gasteiger charge is 2.10. The molecule has 0 fully saturated rings. The van der Waals surface area contributed by atoms with Crippen molar-refractivity contribution in [1.29, 1.82) is 0 Å². The second-order valence-corrected chi connectivity index (χ2v) is 7.11. The molecule has 0 heterocycles. The third-order valence-corrected chi connectivity index (χ3v) is 4.51. The van der Waals surface area contributed by atoms with Gasteiger partial charge in [0.05, 0.1) is 24.7 Å². The number of hydrogen-bond acceptors (Lipinski definition) is 6. The highest BCUT2D eigenvalue weighted by atomic mass is 32.2. The number of rotatable bonds is 12. The zero-order chi connectivity index (χ0) is 18.7. The molecule has 0 aliphatic carbocycles. The molecule has 3 N–H and O–H groups in total. The van der Waals surface area contributed by atoms with Crippen molar-refractivity contribution in [3.8, 4) is 0 Å². The van der Waals surface area contributed by atoms with E-state index in [2.05, 4.69) is 5.32 Å². The minimum absolute atomic E-state index is 0.0756. The molecule has 1 aromatic rings. The van der Waals surface area contributed by atoms with Crippen LogP contribution in [0.3, 0.4) is 0 Å². The number of ether oxygens (including phenoxy) is 2. The van der Waals surface area contributed by atoms with Gasteiger partial charge >= 0.3 is 0 Å². The third-order valence-electron chi connectivity index (χ3n) is 3.58. The van der Waals surface area contributed by atoms with Crippen LogP contribution < -0.4 is 10.5 Å². The molecule has 8 nitrogen and oxygen atoms in total. The van der Waals surface area contributed by atoms with Gasteiger partial charge < -0.3 is 14.8 Å². The number of amides is 1. The highest BCUT2D eigenvalue weighted by molar-refractivity contribution is 7.89. The predicted octanol–water partition coefficient (Wildman–Crippen LogP) is -0.412. The fourth-order valence-corrected chi connectivity index (χ4v) is 2.68. The normalized spacial score (nSPS) is 11.7. The molecule has 9 heteroatoms. The fraction of sp³-hybridized carbons (Fsp3) is 0.562. The van der Waals surface area contributed by atoms with Crippen LogP contribution in [0, 0.1) is 0 Å². The minimum atomic E-state index is -3.68. The molecule has 0 radical (unpaired) electrons. The van der Waals surface area contributed by atoms with Gasteiger partial charge in [0.1, 0.15) is 0 Å². The molecule has 1 amide bonds. The topological polar surface area (TPSA) is 111 Å².